The molecule has 0 aliphatic carbocycles. The third-order valence-corrected chi connectivity index (χ3v) is 3.43. The van der Waals surface area contributed by atoms with E-state index in [1.165, 1.54) is 5.56 Å². The monoisotopic (exact) mass is 279 g/mol. The predicted molar refractivity (Wildman–Crippen MR) is 78.5 cm³/mol. The first-order valence-electron chi connectivity index (χ1n) is 7.24. The quantitative estimate of drug-likeness (QED) is 0.756. The van der Waals surface area contributed by atoms with Gasteiger partial charge in [-0.15, -0.1) is 0 Å². The zero-order valence-corrected chi connectivity index (χ0v) is 12.5. The number of pyridine rings is 1. The number of nitrogens with zero attached hydrogens (tertiary/aromatic N) is 2. The zero-order valence-electron chi connectivity index (χ0n) is 12.5. The summed E-state index contributed by atoms with van der Waals surface area (Å²) >= 11 is 0. The topological polar surface area (TPSA) is 46.6 Å². The van der Waals surface area contributed by atoms with Crippen LogP contribution in [0.1, 0.15) is 18.2 Å². The van der Waals surface area contributed by atoms with Gasteiger partial charge in [0.2, 0.25) is 0 Å². The summed E-state index contributed by atoms with van der Waals surface area (Å²) in [5, 5.41) is 3.46. The van der Waals surface area contributed by atoms with Crippen molar-refractivity contribution in [1.29, 1.82) is 0 Å². The van der Waals surface area contributed by atoms with Crippen LogP contribution < -0.4 is 5.32 Å². The van der Waals surface area contributed by atoms with Crippen LogP contribution in [0.15, 0.2) is 18.3 Å². The van der Waals surface area contributed by atoms with Gasteiger partial charge in [-0.2, -0.15) is 0 Å². The van der Waals surface area contributed by atoms with Crippen molar-refractivity contribution in [2.75, 3.05) is 40.0 Å². The molecular weight excluding hydrogens is 254 g/mol. The Labute approximate surface area is 121 Å². The van der Waals surface area contributed by atoms with Crippen LogP contribution in [0.4, 0.5) is 0 Å². The largest absolute Gasteiger partial charge is 0.382 e. The summed E-state index contributed by atoms with van der Waals surface area (Å²) in [5.74, 6) is 0. The molecule has 2 heterocycles. The van der Waals surface area contributed by atoms with E-state index in [9.17, 15) is 0 Å². The number of methoxy groups -OCH3 is 1. The van der Waals surface area contributed by atoms with Crippen LogP contribution in [0.5, 0.6) is 0 Å². The van der Waals surface area contributed by atoms with Crippen LogP contribution in [0, 0.1) is 0 Å². The van der Waals surface area contributed by atoms with Gasteiger partial charge < -0.3 is 14.8 Å². The maximum atomic E-state index is 5.46. The van der Waals surface area contributed by atoms with Gasteiger partial charge in [-0.1, -0.05) is 6.07 Å². The summed E-state index contributed by atoms with van der Waals surface area (Å²) < 4.78 is 10.4. The SMILES string of the molecule is COCCOCc1ccc(CN2CCN[C@@H](C)C2)cn1. The number of piperazine rings is 1. The Hall–Kier alpha value is -1.01. The highest BCUT2D eigenvalue weighted by Crippen LogP contribution is 2.08. The molecule has 0 unspecified atom stereocenters. The molecule has 5 nitrogen and oxygen atoms in total. The van der Waals surface area contributed by atoms with Gasteiger partial charge in [-0.05, 0) is 18.6 Å². The van der Waals surface area contributed by atoms with E-state index < -0.39 is 0 Å². The molecule has 1 N–H and O–H groups in total. The Bertz CT molecular complexity index is 383. The number of hydrogen-bond acceptors (Lipinski definition) is 5. The lowest BCUT2D eigenvalue weighted by atomic mass is 10.2. The molecule has 1 aliphatic heterocycles. The van der Waals surface area contributed by atoms with Gasteiger partial charge in [-0.25, -0.2) is 0 Å². The number of rotatable bonds is 7. The van der Waals surface area contributed by atoms with Crippen LogP contribution >= 0.6 is 0 Å². The molecule has 0 radical (unpaired) electrons. The Morgan fingerprint density at radius 1 is 1.40 bits per heavy atom. The lowest BCUT2D eigenvalue weighted by Gasteiger charge is -2.31. The molecule has 0 spiro atoms. The standard InChI is InChI=1S/C15H25N3O2/c1-13-10-18(6-5-16-13)11-14-3-4-15(17-9-14)12-20-8-7-19-2/h3-4,9,13,16H,5-8,10-12H2,1-2H3/t13-/m0/s1. The Morgan fingerprint density at radius 3 is 3.00 bits per heavy atom. The fourth-order valence-corrected chi connectivity index (χ4v) is 2.37. The summed E-state index contributed by atoms with van der Waals surface area (Å²) in [4.78, 5) is 6.92. The summed E-state index contributed by atoms with van der Waals surface area (Å²) in [6.45, 7) is 8.26. The molecule has 5 heteroatoms. The summed E-state index contributed by atoms with van der Waals surface area (Å²) in [6, 6.07) is 4.77. The minimum atomic E-state index is 0.550. The van der Waals surface area contributed by atoms with E-state index in [1.807, 2.05) is 12.3 Å². The molecule has 2 rings (SSSR count). The molecule has 112 valence electrons. The first kappa shape index (κ1) is 15.4. The molecule has 1 aromatic heterocycles. The average molecular weight is 279 g/mol. The molecular formula is C15H25N3O2. The van der Waals surface area contributed by atoms with E-state index in [4.69, 9.17) is 9.47 Å². The van der Waals surface area contributed by atoms with Crippen molar-refractivity contribution < 1.29 is 9.47 Å². The van der Waals surface area contributed by atoms with Crippen LogP contribution in [0.25, 0.3) is 0 Å². The predicted octanol–water partition coefficient (Wildman–Crippen LogP) is 1.04. The van der Waals surface area contributed by atoms with E-state index in [1.54, 1.807) is 7.11 Å². The first-order valence-corrected chi connectivity index (χ1v) is 7.24. The Balaban J connectivity index is 1.76. The van der Waals surface area contributed by atoms with E-state index in [0.717, 1.165) is 31.9 Å². The van der Waals surface area contributed by atoms with Gasteiger partial charge in [0.25, 0.3) is 0 Å². The highest BCUT2D eigenvalue weighted by Gasteiger charge is 2.15. The van der Waals surface area contributed by atoms with Crippen molar-refractivity contribution in [2.24, 2.45) is 0 Å². The third-order valence-electron chi connectivity index (χ3n) is 3.43. The fraction of sp³-hybridized carbons (Fsp3) is 0.667. The highest BCUT2D eigenvalue weighted by atomic mass is 16.5. The Morgan fingerprint density at radius 2 is 2.30 bits per heavy atom. The summed E-state index contributed by atoms with van der Waals surface area (Å²) in [7, 11) is 1.67. The molecule has 20 heavy (non-hydrogen) atoms. The van der Waals surface area contributed by atoms with Crippen molar-refractivity contribution in [3.8, 4) is 0 Å². The average Bonchev–Trinajstić information content (AvgIpc) is 2.45. The normalized spacial score (nSPS) is 20.2. The summed E-state index contributed by atoms with van der Waals surface area (Å²) in [5.41, 5.74) is 2.23. The molecule has 0 bridgehead atoms. The molecule has 1 saturated heterocycles. The maximum absolute atomic E-state index is 5.46. The van der Waals surface area contributed by atoms with Crippen LogP contribution in [0.3, 0.4) is 0 Å². The lowest BCUT2D eigenvalue weighted by Crippen LogP contribution is -2.48. The van der Waals surface area contributed by atoms with Gasteiger partial charge in [0, 0.05) is 45.5 Å². The second-order valence-electron chi connectivity index (χ2n) is 5.29. The minimum Gasteiger partial charge on any atom is -0.382 e. The van der Waals surface area contributed by atoms with Gasteiger partial charge in [0.05, 0.1) is 25.5 Å². The molecule has 1 atom stereocenters. The number of hydrogen-bond donors (Lipinski definition) is 1. The van der Waals surface area contributed by atoms with Crippen LogP contribution in [-0.2, 0) is 22.6 Å². The summed E-state index contributed by atoms with van der Waals surface area (Å²) in [6.07, 6.45) is 1.96. The number of aromatic nitrogens is 1. The minimum absolute atomic E-state index is 0.550. The van der Waals surface area contributed by atoms with Gasteiger partial charge >= 0.3 is 0 Å². The molecule has 0 amide bonds. The first-order chi connectivity index (χ1) is 9.78. The third kappa shape index (κ3) is 5.17. The molecule has 1 aromatic rings. The van der Waals surface area contributed by atoms with Gasteiger partial charge in [0.1, 0.15) is 0 Å². The zero-order chi connectivity index (χ0) is 14.2. The van der Waals surface area contributed by atoms with Crippen molar-refractivity contribution in [2.45, 2.75) is 26.1 Å². The van der Waals surface area contributed by atoms with Gasteiger partial charge in [0.15, 0.2) is 0 Å². The van der Waals surface area contributed by atoms with Crippen LogP contribution in [0.2, 0.25) is 0 Å². The molecule has 1 aliphatic rings. The second kappa shape index (κ2) is 8.32. The smallest absolute Gasteiger partial charge is 0.0889 e. The van der Waals surface area contributed by atoms with E-state index in [2.05, 4.69) is 28.2 Å². The fourth-order valence-electron chi connectivity index (χ4n) is 2.37. The second-order valence-corrected chi connectivity index (χ2v) is 5.29. The van der Waals surface area contributed by atoms with Crippen molar-refractivity contribution in [3.63, 3.8) is 0 Å². The maximum Gasteiger partial charge on any atom is 0.0889 e. The number of nitrogens with one attached hydrogen (secondary N) is 1. The van der Waals surface area contributed by atoms with Crippen molar-refractivity contribution >= 4 is 0 Å². The molecule has 1 fully saturated rings. The van der Waals surface area contributed by atoms with Crippen molar-refractivity contribution in [3.05, 3.63) is 29.6 Å². The Kier molecular flexibility index (Phi) is 6.39. The molecule has 0 aromatic carbocycles. The van der Waals surface area contributed by atoms with Gasteiger partial charge in [-0.3, -0.25) is 9.88 Å². The lowest BCUT2D eigenvalue weighted by molar-refractivity contribution is 0.0602. The van der Waals surface area contributed by atoms with Crippen molar-refractivity contribution in [1.82, 2.24) is 15.2 Å². The molecule has 0 saturated carbocycles. The van der Waals surface area contributed by atoms with E-state index in [-0.39, 0.29) is 0 Å². The van der Waals surface area contributed by atoms with E-state index in [0.29, 0.717) is 25.9 Å². The number of ether oxygens (including phenoxy) is 2. The van der Waals surface area contributed by atoms with Crippen LogP contribution in [-0.4, -0.2) is 55.9 Å². The van der Waals surface area contributed by atoms with E-state index >= 15 is 0 Å². The highest BCUT2D eigenvalue weighted by molar-refractivity contribution is 5.13.